The predicted octanol–water partition coefficient (Wildman–Crippen LogP) is 18.6. The summed E-state index contributed by atoms with van der Waals surface area (Å²) < 4.78 is 0. The van der Waals surface area contributed by atoms with E-state index >= 15 is 0 Å². The van der Waals surface area contributed by atoms with E-state index in [0.29, 0.717) is 72.6 Å². The van der Waals surface area contributed by atoms with Crippen LogP contribution in [0.3, 0.4) is 0 Å². The van der Waals surface area contributed by atoms with Crippen LogP contribution in [-0.2, 0) is 10.8 Å². The summed E-state index contributed by atoms with van der Waals surface area (Å²) in [6, 6.07) is 66.5. The zero-order valence-electron chi connectivity index (χ0n) is 60.6. The topological polar surface area (TPSA) is 219 Å². The molecule has 6 atom stereocenters. The van der Waals surface area contributed by atoms with Gasteiger partial charge in [-0.1, -0.05) is 144 Å². The molecular formula is C92H74Cl2N8O8. The number of hydrogen-bond acceptors (Lipinski definition) is 8. The number of fused-ring (bicyclic) bond motifs is 12. The lowest BCUT2D eigenvalue weighted by Crippen LogP contribution is -2.33. The lowest BCUT2D eigenvalue weighted by atomic mass is 9.81. The molecule has 22 rings (SSSR count). The van der Waals surface area contributed by atoms with Gasteiger partial charge in [-0.25, -0.2) is 0 Å². The van der Waals surface area contributed by atoms with Crippen LogP contribution < -0.4 is 9.80 Å². The molecule has 0 bridgehead atoms. The van der Waals surface area contributed by atoms with Gasteiger partial charge >= 0.3 is 0 Å². The number of anilines is 2. The molecule has 8 heterocycles. The van der Waals surface area contributed by atoms with Crippen molar-refractivity contribution in [3.63, 3.8) is 0 Å². The monoisotopic (exact) mass is 1490 g/mol. The number of nitrogens with zero attached hydrogens (tertiary/aromatic N) is 4. The first-order valence-electron chi connectivity index (χ1n) is 37.3. The van der Waals surface area contributed by atoms with Crippen molar-refractivity contribution in [3.8, 4) is 11.5 Å². The van der Waals surface area contributed by atoms with Gasteiger partial charge in [-0.05, 0) is 158 Å². The second-order valence-electron chi connectivity index (χ2n) is 30.8. The second-order valence-corrected chi connectivity index (χ2v) is 31.4. The number of piperidine rings is 2. The Bertz CT molecular complexity index is 6050. The smallest absolute Gasteiger partial charge is 0.274 e. The molecule has 0 unspecified atom stereocenters. The number of carbonyl (C=O) groups is 6. The molecule has 0 radical (unpaired) electrons. The van der Waals surface area contributed by atoms with Crippen molar-refractivity contribution in [1.82, 2.24) is 29.7 Å². The Hall–Kier alpha value is -12.2. The van der Waals surface area contributed by atoms with Crippen molar-refractivity contribution < 1.29 is 39.0 Å². The van der Waals surface area contributed by atoms with E-state index in [2.05, 4.69) is 56.3 Å². The van der Waals surface area contributed by atoms with Crippen molar-refractivity contribution in [2.75, 3.05) is 47.7 Å². The van der Waals surface area contributed by atoms with E-state index < -0.39 is 0 Å². The Balaban J connectivity index is 0.0000000993. The number of halogens is 2. The lowest BCUT2D eigenvalue weighted by molar-refractivity contribution is 0.0797. The van der Waals surface area contributed by atoms with Crippen molar-refractivity contribution in [1.29, 1.82) is 0 Å². The molecule has 6 N–H and O–H groups in total. The number of amides is 4. The number of aromatic hydroxyl groups is 2. The summed E-state index contributed by atoms with van der Waals surface area (Å²) in [5.41, 5.74) is 19.5. The highest BCUT2D eigenvalue weighted by atomic mass is 35.5. The number of rotatable bonds is 6. The molecule has 14 aromatic rings. The molecule has 2 saturated heterocycles. The van der Waals surface area contributed by atoms with Crippen molar-refractivity contribution in [2.24, 2.45) is 11.8 Å². The quantitative estimate of drug-likeness (QED) is 0.0878. The maximum Gasteiger partial charge on any atom is 0.274 e. The Morgan fingerprint density at radius 3 is 1.04 bits per heavy atom. The summed E-state index contributed by atoms with van der Waals surface area (Å²) in [5, 5.41) is 28.6. The van der Waals surface area contributed by atoms with Crippen molar-refractivity contribution >= 4 is 135 Å². The minimum atomic E-state index is -0.136. The summed E-state index contributed by atoms with van der Waals surface area (Å²) in [6.45, 7) is 10.5. The average molecular weight is 1490 g/mol. The summed E-state index contributed by atoms with van der Waals surface area (Å²) >= 11 is 12.5. The van der Waals surface area contributed by atoms with Crippen molar-refractivity contribution in [2.45, 2.75) is 63.2 Å². The van der Waals surface area contributed by atoms with Gasteiger partial charge in [-0.3, -0.25) is 28.8 Å². The molecule has 544 valence electrons. The number of phenols is 2. The second kappa shape index (κ2) is 25.7. The van der Waals surface area contributed by atoms with Gasteiger partial charge in [0.1, 0.15) is 34.3 Å². The average Bonchev–Trinajstić information content (AvgIpc) is 1.51. The zero-order valence-corrected chi connectivity index (χ0v) is 62.2. The van der Waals surface area contributed by atoms with Crippen LogP contribution >= 0.6 is 23.2 Å². The number of alkyl halides is 2. The van der Waals surface area contributed by atoms with Gasteiger partial charge in [0, 0.05) is 162 Å². The third-order valence-corrected chi connectivity index (χ3v) is 24.8. The number of carbonyl (C=O) groups excluding carboxylic acids is 6. The van der Waals surface area contributed by atoms with Gasteiger partial charge < -0.3 is 49.7 Å². The molecular weight excluding hydrogens is 1420 g/mol. The Labute approximate surface area is 642 Å². The van der Waals surface area contributed by atoms with Crippen LogP contribution in [0.2, 0.25) is 0 Å². The number of allylic oxidation sites excluding steroid dienone is 4. The maximum atomic E-state index is 13.3. The normalized spacial score (nSPS) is 20.5. The largest absolute Gasteiger partial charge is 0.507 e. The summed E-state index contributed by atoms with van der Waals surface area (Å²) in [5.74, 6) is 1.74. The van der Waals surface area contributed by atoms with Gasteiger partial charge in [0.15, 0.2) is 11.6 Å². The molecule has 2 saturated carbocycles. The molecule has 4 aromatic heterocycles. The fraction of sp³-hybridized carbons (Fsp3) is 0.196. The Morgan fingerprint density at radius 2 is 0.700 bits per heavy atom. The van der Waals surface area contributed by atoms with Crippen LogP contribution in [0.25, 0.3) is 65.2 Å². The van der Waals surface area contributed by atoms with Gasteiger partial charge in [0.05, 0.1) is 11.4 Å². The predicted molar refractivity (Wildman–Crippen MR) is 433 cm³/mol. The number of aryl methyl sites for hydroxylation is 4. The van der Waals surface area contributed by atoms with Crippen LogP contribution in [0.1, 0.15) is 132 Å². The molecule has 2 spiro atoms. The highest BCUT2D eigenvalue weighted by molar-refractivity contribution is 6.21. The molecule has 16 nitrogen and oxygen atoms in total. The summed E-state index contributed by atoms with van der Waals surface area (Å²) in [4.78, 5) is 98.6. The zero-order chi connectivity index (χ0) is 75.5. The molecule has 4 aliphatic carbocycles. The van der Waals surface area contributed by atoms with Crippen LogP contribution in [0.5, 0.6) is 11.5 Å². The molecule has 10 aromatic carbocycles. The SMILES string of the molecule is Cc1ccc2[nH]c(C(=O)N3C[C@@H](CCl)c4c3cc(O)c3ccccc43)cc2c1.Cc1ccc2[nH]c(C(=O)N3C[C@@H](CCl)c4c3cc(O)c3ccccc43)cc2c1.Cc1ccc2[nH]c(C(=O)N3C[C@H]4C[C@@]45C3=CC(=O)c3ccccc35)cc2c1.Cc1ccc2[nH]c(C(=O)N3C[C@H]4C[C@@]45C3=CC(=O)c3ccccc35)cc2c1. The minimum Gasteiger partial charge on any atom is -0.507 e. The number of H-pyrrole nitrogens is 4. The fourth-order valence-electron chi connectivity index (χ4n) is 18.7. The van der Waals surface area contributed by atoms with Crippen LogP contribution in [0, 0.1) is 39.5 Å². The third kappa shape index (κ3) is 10.8. The first-order chi connectivity index (χ1) is 53.3. The van der Waals surface area contributed by atoms with Crippen LogP contribution in [0.4, 0.5) is 11.4 Å². The molecule has 4 fully saturated rings. The maximum absolute atomic E-state index is 13.3. The molecule has 110 heavy (non-hydrogen) atoms. The molecule has 4 aliphatic heterocycles. The van der Waals surface area contributed by atoms with Crippen molar-refractivity contribution in [3.05, 3.63) is 308 Å². The van der Waals surface area contributed by atoms with E-state index in [-0.39, 0.29) is 69.4 Å². The highest BCUT2D eigenvalue weighted by Crippen LogP contribution is 2.68. The van der Waals surface area contributed by atoms with Crippen LogP contribution in [-0.4, -0.2) is 113 Å². The number of nitrogens with one attached hydrogen (secondary N) is 4. The number of hydrogen-bond donors (Lipinski definition) is 6. The highest BCUT2D eigenvalue weighted by Gasteiger charge is 2.68. The number of benzene rings is 10. The van der Waals surface area contributed by atoms with Gasteiger partial charge in [-0.2, -0.15) is 0 Å². The number of aromatic amines is 4. The van der Waals surface area contributed by atoms with Gasteiger partial charge in [-0.15, -0.1) is 23.2 Å². The summed E-state index contributed by atoms with van der Waals surface area (Å²) in [6.07, 6.45) is 5.44. The Kier molecular flexibility index (Phi) is 16.0. The Morgan fingerprint density at radius 1 is 0.391 bits per heavy atom. The molecule has 4 amide bonds. The van der Waals surface area contributed by atoms with Gasteiger partial charge in [0.25, 0.3) is 23.6 Å². The van der Waals surface area contributed by atoms with E-state index in [1.54, 1.807) is 34.1 Å². The van der Waals surface area contributed by atoms with E-state index in [1.807, 2.05) is 195 Å². The van der Waals surface area contributed by atoms with E-state index in [1.165, 1.54) is 11.1 Å². The minimum absolute atomic E-state index is 0.00356. The first-order valence-corrected chi connectivity index (χ1v) is 38.3. The van der Waals surface area contributed by atoms with Crippen LogP contribution in [0.15, 0.2) is 230 Å². The van der Waals surface area contributed by atoms with E-state index in [9.17, 15) is 39.0 Å². The number of aromatic nitrogens is 4. The number of likely N-dealkylation sites (tertiary alicyclic amines) is 2. The molecule has 18 heteroatoms. The number of ketones is 2. The molecule has 8 aliphatic rings. The fourth-order valence-corrected chi connectivity index (χ4v) is 19.2. The van der Waals surface area contributed by atoms with Gasteiger partial charge in [0.2, 0.25) is 0 Å². The number of phenolic OH excluding ortho intramolecular Hbond substituents is 2. The van der Waals surface area contributed by atoms with E-state index in [4.69, 9.17) is 23.2 Å². The standard InChI is InChI=1S/2C23H19ClN2O2.2C23H18N2O2/c2*1-13-6-7-18-14(8-13)9-19(25-18)23(28)26-12-15(11-24)22-17-5-3-2-4-16(17)21(27)10-20(22)26;2*1-13-6-7-18-14(8-13)9-19(24-18)22(27)25-12-15-11-23(15)17-5-3-2-4-16(17)20(26)10-21(23)25/h2*2-10,15,25,27H,11-12H2,1H3;2*2-10,15,24H,11-12H2,1H3/t2*15-;2*15-,23-/m1111/s1. The van der Waals surface area contributed by atoms with E-state index in [0.717, 1.165) is 145 Å². The summed E-state index contributed by atoms with van der Waals surface area (Å²) in [7, 11) is 0. The lowest BCUT2D eigenvalue weighted by Gasteiger charge is -2.29. The third-order valence-electron chi connectivity index (χ3n) is 24.1. The first kappa shape index (κ1) is 68.3.